The van der Waals surface area contributed by atoms with E-state index in [1.807, 2.05) is 44.2 Å². The van der Waals surface area contributed by atoms with Crippen LogP contribution in [-0.2, 0) is 32.6 Å². The number of halogens is 3. The highest BCUT2D eigenvalue weighted by molar-refractivity contribution is 7.92. The maximum atomic E-state index is 14.7. The van der Waals surface area contributed by atoms with Crippen LogP contribution < -0.4 is 14.4 Å². The number of amides is 2. The van der Waals surface area contributed by atoms with Gasteiger partial charge >= 0.3 is 0 Å². The summed E-state index contributed by atoms with van der Waals surface area (Å²) >= 11 is 18.9. The molecule has 0 saturated carbocycles. The van der Waals surface area contributed by atoms with Crippen molar-refractivity contribution in [3.8, 4) is 5.75 Å². The van der Waals surface area contributed by atoms with Crippen molar-refractivity contribution in [2.45, 2.75) is 57.1 Å². The van der Waals surface area contributed by atoms with E-state index in [1.54, 1.807) is 49.4 Å². The van der Waals surface area contributed by atoms with E-state index in [1.165, 1.54) is 29.2 Å². The molecular weight excluding hydrogens is 693 g/mol. The number of carbonyl (C=O) groups excluding carboxylic acids is 2. The van der Waals surface area contributed by atoms with Gasteiger partial charge in [-0.3, -0.25) is 13.9 Å². The molecule has 0 saturated heterocycles. The number of para-hydroxylation sites is 2. The normalized spacial score (nSPS) is 12.5. The Bertz CT molecular complexity index is 1810. The van der Waals surface area contributed by atoms with E-state index in [4.69, 9.17) is 39.5 Å². The lowest BCUT2D eigenvalue weighted by Crippen LogP contribution is -2.54. The maximum Gasteiger partial charge on any atom is 0.264 e. The lowest BCUT2D eigenvalue weighted by atomic mass is 10.0. The minimum atomic E-state index is -4.35. The number of rotatable bonds is 15. The molecule has 0 unspecified atom stereocenters. The summed E-state index contributed by atoms with van der Waals surface area (Å²) in [6, 6.07) is 25.3. The largest absolute Gasteiger partial charge is 0.492 e. The molecule has 0 fully saturated rings. The zero-order valence-electron chi connectivity index (χ0n) is 26.9. The predicted molar refractivity (Wildman–Crippen MR) is 192 cm³/mol. The first-order valence-electron chi connectivity index (χ1n) is 15.5. The summed E-state index contributed by atoms with van der Waals surface area (Å²) in [4.78, 5) is 30.0. The fraction of sp³-hybridized carbons (Fsp3) is 0.278. The summed E-state index contributed by atoms with van der Waals surface area (Å²) in [5.41, 5.74) is 1.51. The van der Waals surface area contributed by atoms with Crippen molar-refractivity contribution in [3.05, 3.63) is 123 Å². The summed E-state index contributed by atoms with van der Waals surface area (Å²) in [7, 11) is -4.35. The quantitative estimate of drug-likeness (QED) is 0.135. The van der Waals surface area contributed by atoms with Crippen LogP contribution in [0.3, 0.4) is 0 Å². The third-order valence-electron chi connectivity index (χ3n) is 7.74. The molecule has 0 aliphatic heterocycles. The van der Waals surface area contributed by atoms with Gasteiger partial charge in [0.05, 0.1) is 17.2 Å². The Morgan fingerprint density at radius 1 is 0.854 bits per heavy atom. The van der Waals surface area contributed by atoms with Crippen LogP contribution in [0.25, 0.3) is 0 Å². The lowest BCUT2D eigenvalue weighted by Gasteiger charge is -2.34. The summed E-state index contributed by atoms with van der Waals surface area (Å²) < 4.78 is 35.5. The molecule has 4 rings (SSSR count). The van der Waals surface area contributed by atoms with Gasteiger partial charge in [-0.15, -0.1) is 0 Å². The predicted octanol–water partition coefficient (Wildman–Crippen LogP) is 7.80. The van der Waals surface area contributed by atoms with Gasteiger partial charge in [-0.1, -0.05) is 90.3 Å². The van der Waals surface area contributed by atoms with Crippen molar-refractivity contribution >= 4 is 62.3 Å². The number of nitrogens with zero attached hydrogens (tertiary/aromatic N) is 2. The van der Waals surface area contributed by atoms with Crippen LogP contribution in [0, 0.1) is 0 Å². The number of hydrogen-bond donors (Lipinski definition) is 1. The Labute approximate surface area is 297 Å². The summed E-state index contributed by atoms with van der Waals surface area (Å²) in [6.45, 7) is 5.12. The topological polar surface area (TPSA) is 96.0 Å². The van der Waals surface area contributed by atoms with Gasteiger partial charge in [0.1, 0.15) is 18.3 Å². The Kier molecular flexibility index (Phi) is 13.2. The van der Waals surface area contributed by atoms with Crippen molar-refractivity contribution in [2.24, 2.45) is 0 Å². The van der Waals surface area contributed by atoms with Crippen LogP contribution in [0.2, 0.25) is 15.1 Å². The van der Waals surface area contributed by atoms with Crippen LogP contribution in [-0.4, -0.2) is 50.4 Å². The van der Waals surface area contributed by atoms with Crippen LogP contribution in [0.4, 0.5) is 5.69 Å². The highest BCUT2D eigenvalue weighted by Gasteiger charge is 2.36. The first kappa shape index (κ1) is 37.1. The Morgan fingerprint density at radius 2 is 1.50 bits per heavy atom. The first-order valence-corrected chi connectivity index (χ1v) is 18.1. The number of nitrogens with one attached hydrogen (secondary N) is 1. The number of hydrogen-bond acceptors (Lipinski definition) is 5. The molecule has 1 N–H and O–H groups in total. The third-order valence-corrected chi connectivity index (χ3v) is 10.4. The molecular formula is C36H38Cl3N3O5S. The summed E-state index contributed by atoms with van der Waals surface area (Å²) in [6.07, 6.45) is 0.835. The van der Waals surface area contributed by atoms with Crippen molar-refractivity contribution < 1.29 is 22.7 Å². The van der Waals surface area contributed by atoms with Gasteiger partial charge < -0.3 is 15.0 Å². The number of anilines is 1. The van der Waals surface area contributed by atoms with E-state index in [0.29, 0.717) is 27.1 Å². The number of ether oxygens (including phenoxy) is 1. The molecule has 48 heavy (non-hydrogen) atoms. The molecule has 0 bridgehead atoms. The molecule has 4 aromatic carbocycles. The second-order valence-electron chi connectivity index (χ2n) is 11.1. The summed E-state index contributed by atoms with van der Waals surface area (Å²) in [5.74, 6) is -0.744. The van der Waals surface area contributed by atoms with Gasteiger partial charge in [-0.2, -0.15) is 0 Å². The van der Waals surface area contributed by atoms with Crippen LogP contribution in [0.15, 0.2) is 102 Å². The fourth-order valence-electron chi connectivity index (χ4n) is 5.02. The zero-order valence-corrected chi connectivity index (χ0v) is 30.0. The molecule has 254 valence electrons. The van der Waals surface area contributed by atoms with Gasteiger partial charge in [0.15, 0.2) is 0 Å². The van der Waals surface area contributed by atoms with E-state index in [0.717, 1.165) is 9.87 Å². The van der Waals surface area contributed by atoms with E-state index in [-0.39, 0.29) is 47.9 Å². The average molecular weight is 731 g/mol. The summed E-state index contributed by atoms with van der Waals surface area (Å²) in [5, 5.41) is 4.08. The SMILES string of the molecule is CCOc1ccccc1N(CC(=O)N(Cc1ccc(Cl)cc1Cl)[C@H](Cc1ccccc1)C(=O)N[C@@H](C)CC)S(=O)(=O)c1ccc(Cl)cc1. The van der Waals surface area contributed by atoms with Crippen molar-refractivity contribution in [3.63, 3.8) is 0 Å². The van der Waals surface area contributed by atoms with Gasteiger partial charge in [0, 0.05) is 34.1 Å². The van der Waals surface area contributed by atoms with E-state index in [2.05, 4.69) is 5.32 Å². The molecule has 2 amide bonds. The first-order chi connectivity index (χ1) is 22.9. The van der Waals surface area contributed by atoms with E-state index < -0.39 is 28.5 Å². The molecule has 8 nitrogen and oxygen atoms in total. The van der Waals surface area contributed by atoms with Crippen LogP contribution in [0.5, 0.6) is 5.75 Å². The molecule has 0 radical (unpaired) electrons. The van der Waals surface area contributed by atoms with E-state index in [9.17, 15) is 18.0 Å². The van der Waals surface area contributed by atoms with Crippen molar-refractivity contribution in [2.75, 3.05) is 17.5 Å². The highest BCUT2D eigenvalue weighted by atomic mass is 35.5. The maximum absolute atomic E-state index is 14.7. The minimum Gasteiger partial charge on any atom is -0.492 e. The second kappa shape index (κ2) is 17.1. The molecule has 2 atom stereocenters. The van der Waals surface area contributed by atoms with Crippen molar-refractivity contribution in [1.82, 2.24) is 10.2 Å². The van der Waals surface area contributed by atoms with Crippen LogP contribution in [0.1, 0.15) is 38.3 Å². The monoisotopic (exact) mass is 729 g/mol. The molecule has 0 aliphatic carbocycles. The molecule has 12 heteroatoms. The van der Waals surface area contributed by atoms with Crippen molar-refractivity contribution in [1.29, 1.82) is 0 Å². The molecule has 4 aromatic rings. The fourth-order valence-corrected chi connectivity index (χ4v) is 7.04. The molecule has 0 spiro atoms. The Balaban J connectivity index is 1.86. The van der Waals surface area contributed by atoms with Gasteiger partial charge in [-0.25, -0.2) is 8.42 Å². The Morgan fingerprint density at radius 3 is 2.15 bits per heavy atom. The minimum absolute atomic E-state index is 0.0753. The lowest BCUT2D eigenvalue weighted by molar-refractivity contribution is -0.140. The highest BCUT2D eigenvalue weighted by Crippen LogP contribution is 2.33. The smallest absolute Gasteiger partial charge is 0.264 e. The number of carbonyl (C=O) groups is 2. The van der Waals surface area contributed by atoms with Gasteiger partial charge in [0.25, 0.3) is 10.0 Å². The average Bonchev–Trinajstić information content (AvgIpc) is 3.07. The zero-order chi connectivity index (χ0) is 34.8. The van der Waals surface area contributed by atoms with Gasteiger partial charge in [0.2, 0.25) is 11.8 Å². The van der Waals surface area contributed by atoms with Crippen LogP contribution >= 0.6 is 34.8 Å². The van der Waals surface area contributed by atoms with Gasteiger partial charge in [-0.05, 0) is 79.9 Å². The second-order valence-corrected chi connectivity index (χ2v) is 14.3. The number of benzene rings is 4. The molecule has 0 aromatic heterocycles. The standard InChI is InChI=1S/C36H38Cl3N3O5S/c1-4-25(3)40-36(44)33(21-26-11-7-6-8-12-26)41(23-27-15-16-29(38)22-31(27)39)35(43)24-42(32-13-9-10-14-34(32)47-5-2)48(45,46)30-19-17-28(37)18-20-30/h6-20,22,25,33H,4-5,21,23-24H2,1-3H3,(H,40,44)/t25-,33+/m0/s1. The third kappa shape index (κ3) is 9.44. The van der Waals surface area contributed by atoms with E-state index >= 15 is 0 Å². The Hall–Kier alpha value is -3.76. The molecule has 0 heterocycles. The number of sulfonamides is 1. The molecule has 0 aliphatic rings.